The smallest absolute Gasteiger partial charge is 0.222 e. The van der Waals surface area contributed by atoms with Crippen LogP contribution in [0, 0.1) is 6.92 Å². The summed E-state index contributed by atoms with van der Waals surface area (Å²) in [4.78, 5) is 10.9. The third-order valence-corrected chi connectivity index (χ3v) is 3.23. The number of nitrogen functional groups attached to an aromatic ring is 1. The van der Waals surface area contributed by atoms with Crippen molar-refractivity contribution in [2.24, 2.45) is 5.73 Å². The van der Waals surface area contributed by atoms with Crippen LogP contribution in [0.5, 0.6) is 0 Å². The van der Waals surface area contributed by atoms with Crippen LogP contribution < -0.4 is 16.4 Å². The van der Waals surface area contributed by atoms with Gasteiger partial charge in [-0.15, -0.1) is 0 Å². The van der Waals surface area contributed by atoms with E-state index in [1.54, 1.807) is 0 Å². The van der Waals surface area contributed by atoms with Gasteiger partial charge in [0.05, 0.1) is 0 Å². The van der Waals surface area contributed by atoms with Crippen molar-refractivity contribution in [2.45, 2.75) is 39.2 Å². The molecule has 5 heteroatoms. The van der Waals surface area contributed by atoms with E-state index in [9.17, 15) is 0 Å². The number of nitrogens with zero attached hydrogens (tertiary/aromatic N) is 3. The van der Waals surface area contributed by atoms with Crippen molar-refractivity contribution in [3.63, 3.8) is 0 Å². The first-order chi connectivity index (χ1) is 8.11. The highest BCUT2D eigenvalue weighted by Gasteiger charge is 2.23. The average Bonchev–Trinajstić information content (AvgIpc) is 2.68. The Morgan fingerprint density at radius 2 is 2.18 bits per heavy atom. The Bertz CT molecular complexity index is 404. The lowest BCUT2D eigenvalue weighted by Crippen LogP contribution is -2.28. The van der Waals surface area contributed by atoms with Crippen molar-refractivity contribution in [2.75, 3.05) is 23.7 Å². The topological polar surface area (TPSA) is 81.1 Å². The highest BCUT2D eigenvalue weighted by atomic mass is 15.2. The fourth-order valence-electron chi connectivity index (χ4n) is 2.39. The van der Waals surface area contributed by atoms with E-state index in [0.29, 0.717) is 5.95 Å². The molecule has 0 aliphatic carbocycles. The van der Waals surface area contributed by atoms with Crippen LogP contribution in [-0.2, 0) is 6.42 Å². The molecule has 1 saturated heterocycles. The van der Waals surface area contributed by atoms with Crippen molar-refractivity contribution in [3.05, 3.63) is 11.3 Å². The van der Waals surface area contributed by atoms with Gasteiger partial charge in [0.25, 0.3) is 0 Å². The van der Waals surface area contributed by atoms with Crippen molar-refractivity contribution in [3.8, 4) is 0 Å². The summed E-state index contributed by atoms with van der Waals surface area (Å²) < 4.78 is 0. The van der Waals surface area contributed by atoms with Crippen LogP contribution >= 0.6 is 0 Å². The van der Waals surface area contributed by atoms with Gasteiger partial charge >= 0.3 is 0 Å². The van der Waals surface area contributed by atoms with Crippen LogP contribution in [0.2, 0.25) is 0 Å². The van der Waals surface area contributed by atoms with E-state index in [-0.39, 0.29) is 6.04 Å². The van der Waals surface area contributed by atoms with E-state index >= 15 is 0 Å². The molecule has 17 heavy (non-hydrogen) atoms. The molecular weight excluding hydrogens is 214 g/mol. The summed E-state index contributed by atoms with van der Waals surface area (Å²) in [6.45, 7) is 6.00. The fraction of sp³-hybridized carbons (Fsp3) is 0.667. The molecule has 0 amide bonds. The lowest BCUT2D eigenvalue weighted by atomic mass is 10.1. The van der Waals surface area contributed by atoms with E-state index < -0.39 is 0 Å². The molecule has 0 spiro atoms. The maximum Gasteiger partial charge on any atom is 0.222 e. The maximum absolute atomic E-state index is 5.95. The Morgan fingerprint density at radius 1 is 1.41 bits per heavy atom. The van der Waals surface area contributed by atoms with Crippen LogP contribution in [0.1, 0.15) is 31.0 Å². The number of aromatic nitrogens is 2. The number of rotatable bonds is 3. The maximum atomic E-state index is 5.95. The van der Waals surface area contributed by atoms with Gasteiger partial charge in [0, 0.05) is 30.4 Å². The summed E-state index contributed by atoms with van der Waals surface area (Å²) in [6, 6.07) is 0.251. The third kappa shape index (κ3) is 2.49. The van der Waals surface area contributed by atoms with E-state index in [1.165, 1.54) is 5.56 Å². The van der Waals surface area contributed by atoms with Gasteiger partial charge in [0.2, 0.25) is 5.95 Å². The number of nitrogens with two attached hydrogens (primary N) is 2. The predicted molar refractivity (Wildman–Crippen MR) is 70.0 cm³/mol. The molecule has 1 fully saturated rings. The summed E-state index contributed by atoms with van der Waals surface area (Å²) in [5.74, 6) is 1.35. The van der Waals surface area contributed by atoms with Gasteiger partial charge in [0.15, 0.2) is 0 Å². The lowest BCUT2D eigenvalue weighted by molar-refractivity contribution is 0.750. The minimum atomic E-state index is 0.251. The molecule has 0 unspecified atom stereocenters. The number of aryl methyl sites for hydroxylation is 1. The van der Waals surface area contributed by atoms with E-state index in [4.69, 9.17) is 11.5 Å². The molecule has 1 aromatic rings. The van der Waals surface area contributed by atoms with Gasteiger partial charge in [-0.3, -0.25) is 0 Å². The molecule has 0 radical (unpaired) electrons. The molecule has 4 N–H and O–H groups in total. The first-order valence-electron chi connectivity index (χ1n) is 6.25. The second-order valence-corrected chi connectivity index (χ2v) is 4.71. The normalized spacial score (nSPS) is 19.9. The van der Waals surface area contributed by atoms with Gasteiger partial charge in [0.1, 0.15) is 5.82 Å². The molecule has 1 atom stereocenters. The van der Waals surface area contributed by atoms with Gasteiger partial charge in [-0.05, 0) is 19.8 Å². The van der Waals surface area contributed by atoms with Crippen molar-refractivity contribution in [1.82, 2.24) is 9.97 Å². The molecular formula is C12H21N5. The zero-order valence-electron chi connectivity index (χ0n) is 10.6. The quantitative estimate of drug-likeness (QED) is 0.812. The second-order valence-electron chi connectivity index (χ2n) is 4.71. The summed E-state index contributed by atoms with van der Waals surface area (Å²) in [5, 5.41) is 0. The summed E-state index contributed by atoms with van der Waals surface area (Å²) in [6.07, 6.45) is 3.10. The molecule has 1 aliphatic heterocycles. The summed E-state index contributed by atoms with van der Waals surface area (Å²) in [7, 11) is 0. The number of anilines is 2. The Morgan fingerprint density at radius 3 is 2.76 bits per heavy atom. The van der Waals surface area contributed by atoms with E-state index in [2.05, 4.69) is 21.8 Å². The standard InChI is InChI=1S/C12H21N5/c1-3-4-10-8(2)15-12(14)16-11(10)17-6-5-9(13)7-17/h9H,3-7,13H2,1-2H3,(H2,14,15,16)/t9-/m1/s1. The molecule has 0 bridgehead atoms. The fourth-order valence-corrected chi connectivity index (χ4v) is 2.39. The predicted octanol–water partition coefficient (Wildman–Crippen LogP) is 0.857. The Kier molecular flexibility index (Phi) is 3.47. The zero-order chi connectivity index (χ0) is 12.4. The van der Waals surface area contributed by atoms with Crippen molar-refractivity contribution in [1.29, 1.82) is 0 Å². The molecule has 5 nitrogen and oxygen atoms in total. The van der Waals surface area contributed by atoms with E-state index in [0.717, 1.165) is 43.9 Å². The number of hydrogen-bond acceptors (Lipinski definition) is 5. The van der Waals surface area contributed by atoms with Gasteiger partial charge < -0.3 is 16.4 Å². The Balaban J connectivity index is 2.36. The van der Waals surface area contributed by atoms with Crippen LogP contribution in [0.4, 0.5) is 11.8 Å². The zero-order valence-corrected chi connectivity index (χ0v) is 10.6. The molecule has 0 aromatic carbocycles. The van der Waals surface area contributed by atoms with Crippen molar-refractivity contribution < 1.29 is 0 Å². The molecule has 1 aliphatic rings. The van der Waals surface area contributed by atoms with Gasteiger partial charge in [-0.25, -0.2) is 4.98 Å². The minimum Gasteiger partial charge on any atom is -0.368 e. The lowest BCUT2D eigenvalue weighted by Gasteiger charge is -2.21. The van der Waals surface area contributed by atoms with Gasteiger partial charge in [-0.2, -0.15) is 4.98 Å². The largest absolute Gasteiger partial charge is 0.368 e. The number of hydrogen-bond donors (Lipinski definition) is 2. The SMILES string of the molecule is CCCc1c(C)nc(N)nc1N1CC[C@@H](N)C1. The van der Waals surface area contributed by atoms with Crippen LogP contribution in [0.3, 0.4) is 0 Å². The van der Waals surface area contributed by atoms with Crippen LogP contribution in [0.25, 0.3) is 0 Å². The molecule has 2 rings (SSSR count). The minimum absolute atomic E-state index is 0.251. The van der Waals surface area contributed by atoms with Crippen molar-refractivity contribution >= 4 is 11.8 Å². The Hall–Kier alpha value is -1.36. The third-order valence-electron chi connectivity index (χ3n) is 3.23. The van der Waals surface area contributed by atoms with Crippen LogP contribution in [0.15, 0.2) is 0 Å². The summed E-state index contributed by atoms with van der Waals surface area (Å²) in [5.41, 5.74) is 13.9. The summed E-state index contributed by atoms with van der Waals surface area (Å²) >= 11 is 0. The van der Waals surface area contributed by atoms with Crippen LogP contribution in [-0.4, -0.2) is 29.1 Å². The molecule has 2 heterocycles. The second kappa shape index (κ2) is 4.87. The average molecular weight is 235 g/mol. The highest BCUT2D eigenvalue weighted by molar-refractivity contribution is 5.52. The molecule has 0 saturated carbocycles. The van der Waals surface area contributed by atoms with Gasteiger partial charge in [-0.1, -0.05) is 13.3 Å². The first kappa shape index (κ1) is 12.1. The molecule has 94 valence electrons. The monoisotopic (exact) mass is 235 g/mol. The van der Waals surface area contributed by atoms with E-state index in [1.807, 2.05) is 6.92 Å². The first-order valence-corrected chi connectivity index (χ1v) is 6.25. The highest BCUT2D eigenvalue weighted by Crippen LogP contribution is 2.25. The molecule has 1 aromatic heterocycles. The Labute approximate surface area is 102 Å².